The molecule has 2 N–H and O–H groups in total. The molecule has 1 heterocycles. The second-order valence-corrected chi connectivity index (χ2v) is 6.44. The average Bonchev–Trinajstić information content (AvgIpc) is 3.24. The molecule has 0 saturated heterocycles. The molecule has 1 aromatic heterocycles. The number of aliphatic hydroxyl groups is 1. The van der Waals surface area contributed by atoms with Crippen LogP contribution in [0.25, 0.3) is 0 Å². The molecular weight excluding hydrogens is 268 g/mol. The summed E-state index contributed by atoms with van der Waals surface area (Å²) in [6.07, 6.45) is 5.33. The van der Waals surface area contributed by atoms with Crippen molar-refractivity contribution in [1.29, 1.82) is 0 Å². The number of nitrogens with one attached hydrogen (secondary N) is 1. The Morgan fingerprint density at radius 3 is 2.80 bits per heavy atom. The maximum absolute atomic E-state index is 9.23. The molecule has 3 rings (SSSR count). The van der Waals surface area contributed by atoms with E-state index in [1.54, 1.807) is 0 Å². The first kappa shape index (κ1) is 13.7. The van der Waals surface area contributed by atoms with Crippen LogP contribution in [0.1, 0.15) is 46.7 Å². The molecule has 1 aliphatic carbocycles. The second-order valence-electron chi connectivity index (χ2n) is 5.30. The van der Waals surface area contributed by atoms with Crippen molar-refractivity contribution in [2.45, 2.75) is 37.8 Å². The van der Waals surface area contributed by atoms with Crippen molar-refractivity contribution in [3.05, 3.63) is 52.0 Å². The van der Waals surface area contributed by atoms with Crippen molar-refractivity contribution in [2.24, 2.45) is 0 Å². The molecule has 4 heteroatoms. The van der Waals surface area contributed by atoms with Gasteiger partial charge in [0.2, 0.25) is 0 Å². The summed E-state index contributed by atoms with van der Waals surface area (Å²) in [5.74, 6) is 0.733. The number of aromatic nitrogens is 1. The lowest BCUT2D eigenvalue weighted by atomic mass is 10.0. The highest BCUT2D eigenvalue weighted by Crippen LogP contribution is 2.41. The molecule has 0 spiro atoms. The van der Waals surface area contributed by atoms with E-state index in [1.807, 2.05) is 35.7 Å². The highest BCUT2D eigenvalue weighted by atomic mass is 32.1. The summed E-state index contributed by atoms with van der Waals surface area (Å²) in [7, 11) is 0. The molecule has 1 saturated carbocycles. The Hall–Kier alpha value is -1.23. The molecule has 3 nitrogen and oxygen atoms in total. The molecule has 1 aromatic carbocycles. The van der Waals surface area contributed by atoms with Crippen molar-refractivity contribution < 1.29 is 5.11 Å². The average molecular weight is 288 g/mol. The van der Waals surface area contributed by atoms with Crippen LogP contribution in [0.3, 0.4) is 0 Å². The summed E-state index contributed by atoms with van der Waals surface area (Å²) in [5.41, 5.74) is 1.23. The molecule has 0 amide bonds. The van der Waals surface area contributed by atoms with Gasteiger partial charge in [0, 0.05) is 36.2 Å². The highest BCUT2D eigenvalue weighted by Gasteiger charge is 2.26. The van der Waals surface area contributed by atoms with Crippen molar-refractivity contribution in [2.75, 3.05) is 6.61 Å². The number of aliphatic hydroxyl groups excluding tert-OH is 1. The Kier molecular flexibility index (Phi) is 4.45. The van der Waals surface area contributed by atoms with Gasteiger partial charge in [-0.15, -0.1) is 11.3 Å². The van der Waals surface area contributed by atoms with E-state index in [2.05, 4.69) is 22.4 Å². The van der Waals surface area contributed by atoms with Crippen LogP contribution in [0.4, 0.5) is 0 Å². The predicted octanol–water partition coefficient (Wildman–Crippen LogP) is 3.23. The van der Waals surface area contributed by atoms with Crippen molar-refractivity contribution >= 4 is 11.3 Å². The van der Waals surface area contributed by atoms with Crippen LogP contribution >= 0.6 is 11.3 Å². The number of rotatable bonds is 7. The highest BCUT2D eigenvalue weighted by molar-refractivity contribution is 7.11. The summed E-state index contributed by atoms with van der Waals surface area (Å²) >= 11 is 1.82. The van der Waals surface area contributed by atoms with Gasteiger partial charge >= 0.3 is 0 Å². The van der Waals surface area contributed by atoms with Crippen LogP contribution in [0, 0.1) is 0 Å². The molecule has 1 atom stereocenters. The molecule has 106 valence electrons. The summed E-state index contributed by atoms with van der Waals surface area (Å²) in [6, 6.07) is 10.5. The Balaban J connectivity index is 1.61. The van der Waals surface area contributed by atoms with Gasteiger partial charge in [0.15, 0.2) is 0 Å². The molecule has 0 bridgehead atoms. The molecule has 20 heavy (non-hydrogen) atoms. The van der Waals surface area contributed by atoms with Crippen LogP contribution in [-0.4, -0.2) is 16.7 Å². The first-order valence-electron chi connectivity index (χ1n) is 7.20. The fourth-order valence-corrected chi connectivity index (χ4v) is 3.39. The van der Waals surface area contributed by atoms with Gasteiger partial charge in [-0.3, -0.25) is 0 Å². The molecule has 0 radical (unpaired) electrons. The third-order valence-electron chi connectivity index (χ3n) is 3.64. The normalized spacial score (nSPS) is 16.2. The summed E-state index contributed by atoms with van der Waals surface area (Å²) in [5, 5.41) is 14.1. The molecule has 1 fully saturated rings. The third kappa shape index (κ3) is 3.45. The van der Waals surface area contributed by atoms with E-state index in [1.165, 1.54) is 28.3 Å². The van der Waals surface area contributed by atoms with E-state index >= 15 is 0 Å². The van der Waals surface area contributed by atoms with Gasteiger partial charge in [0.25, 0.3) is 0 Å². The van der Waals surface area contributed by atoms with E-state index in [9.17, 15) is 5.11 Å². The lowest BCUT2D eigenvalue weighted by Crippen LogP contribution is -2.21. The topological polar surface area (TPSA) is 45.1 Å². The number of benzene rings is 1. The van der Waals surface area contributed by atoms with Crippen LogP contribution in [0.2, 0.25) is 0 Å². The van der Waals surface area contributed by atoms with Crippen molar-refractivity contribution in [3.63, 3.8) is 0 Å². The number of hydrogen-bond donors (Lipinski definition) is 2. The van der Waals surface area contributed by atoms with Gasteiger partial charge < -0.3 is 10.4 Å². The van der Waals surface area contributed by atoms with Crippen LogP contribution in [0.15, 0.2) is 36.5 Å². The maximum atomic E-state index is 9.23. The SMILES string of the molecule is OCC[C@@H](NCc1cnc(C2CC2)s1)c1ccccc1. The standard InChI is InChI=1S/C16H20N2OS/c19-9-8-15(12-4-2-1-3-5-12)17-10-14-11-18-16(20-14)13-6-7-13/h1-5,11,13,15,17,19H,6-10H2/t15-/m1/s1. The maximum Gasteiger partial charge on any atom is 0.0959 e. The Morgan fingerprint density at radius 1 is 1.30 bits per heavy atom. The largest absolute Gasteiger partial charge is 0.396 e. The van der Waals surface area contributed by atoms with E-state index in [4.69, 9.17) is 0 Å². The Morgan fingerprint density at radius 2 is 2.10 bits per heavy atom. The summed E-state index contributed by atoms with van der Waals surface area (Å²) < 4.78 is 0. The zero-order valence-corrected chi connectivity index (χ0v) is 12.3. The zero-order chi connectivity index (χ0) is 13.8. The number of hydrogen-bond acceptors (Lipinski definition) is 4. The molecular formula is C16H20N2OS. The monoisotopic (exact) mass is 288 g/mol. The first-order valence-corrected chi connectivity index (χ1v) is 8.02. The fraction of sp³-hybridized carbons (Fsp3) is 0.438. The lowest BCUT2D eigenvalue weighted by molar-refractivity contribution is 0.265. The number of nitrogens with zero attached hydrogens (tertiary/aromatic N) is 1. The minimum absolute atomic E-state index is 0.197. The molecule has 0 aliphatic heterocycles. The van der Waals surface area contributed by atoms with Crippen LogP contribution in [0.5, 0.6) is 0 Å². The minimum Gasteiger partial charge on any atom is -0.396 e. The van der Waals surface area contributed by atoms with Gasteiger partial charge in [-0.05, 0) is 24.8 Å². The molecule has 1 aliphatic rings. The quantitative estimate of drug-likeness (QED) is 0.822. The minimum atomic E-state index is 0.197. The van der Waals surface area contributed by atoms with Gasteiger partial charge in [-0.1, -0.05) is 30.3 Å². The fourth-order valence-electron chi connectivity index (χ4n) is 2.35. The summed E-state index contributed by atoms with van der Waals surface area (Å²) in [6.45, 7) is 1.02. The van der Waals surface area contributed by atoms with Crippen molar-refractivity contribution in [1.82, 2.24) is 10.3 Å². The number of thiazole rings is 1. The summed E-state index contributed by atoms with van der Waals surface area (Å²) in [4.78, 5) is 5.79. The predicted molar refractivity (Wildman–Crippen MR) is 81.8 cm³/mol. The Labute approximate surface area is 123 Å². The van der Waals surface area contributed by atoms with E-state index < -0.39 is 0 Å². The Bertz CT molecular complexity index is 536. The second kappa shape index (κ2) is 6.48. The lowest BCUT2D eigenvalue weighted by Gasteiger charge is -2.17. The van der Waals surface area contributed by atoms with Crippen molar-refractivity contribution in [3.8, 4) is 0 Å². The molecule has 2 aromatic rings. The van der Waals surface area contributed by atoms with Gasteiger partial charge in [-0.25, -0.2) is 4.98 Å². The third-order valence-corrected chi connectivity index (χ3v) is 4.80. The molecule has 0 unspecified atom stereocenters. The van der Waals surface area contributed by atoms with Gasteiger partial charge in [0.05, 0.1) is 5.01 Å². The van der Waals surface area contributed by atoms with Gasteiger partial charge in [0.1, 0.15) is 0 Å². The van der Waals surface area contributed by atoms with E-state index in [0.717, 1.165) is 18.9 Å². The van der Waals surface area contributed by atoms with Gasteiger partial charge in [-0.2, -0.15) is 0 Å². The van der Waals surface area contributed by atoms with Crippen LogP contribution in [-0.2, 0) is 6.54 Å². The smallest absolute Gasteiger partial charge is 0.0959 e. The van der Waals surface area contributed by atoms with E-state index in [-0.39, 0.29) is 12.6 Å². The van der Waals surface area contributed by atoms with E-state index in [0.29, 0.717) is 0 Å². The van der Waals surface area contributed by atoms with Crippen LogP contribution < -0.4 is 5.32 Å². The zero-order valence-electron chi connectivity index (χ0n) is 11.5. The first-order chi connectivity index (χ1) is 9.86.